The van der Waals surface area contributed by atoms with Crippen molar-refractivity contribution in [2.24, 2.45) is 0 Å². The van der Waals surface area contributed by atoms with E-state index in [1.807, 2.05) is 0 Å². The monoisotopic (exact) mass is 422 g/mol. The summed E-state index contributed by atoms with van der Waals surface area (Å²) in [4.78, 5) is 24.4. The van der Waals surface area contributed by atoms with Crippen LogP contribution in [0.25, 0.3) is 0 Å². The smallest absolute Gasteiger partial charge is 0.269 e. The van der Waals surface area contributed by atoms with Crippen LogP contribution in [0.15, 0.2) is 33.7 Å². The van der Waals surface area contributed by atoms with Crippen LogP contribution in [0.3, 0.4) is 0 Å². The SMILES string of the molecule is Cc1noc(C)c1CC(=O)NNC(=O)c1cccc(S(=O)(=O)N2CCOCC2)c1. The summed E-state index contributed by atoms with van der Waals surface area (Å²) in [6.45, 7) is 4.60. The first-order valence-corrected chi connectivity index (χ1v) is 10.4. The van der Waals surface area contributed by atoms with Crippen LogP contribution in [0, 0.1) is 13.8 Å². The quantitative estimate of drug-likeness (QED) is 0.663. The summed E-state index contributed by atoms with van der Waals surface area (Å²) < 4.78 is 36.9. The molecule has 0 bridgehead atoms. The molecule has 1 aromatic heterocycles. The second-order valence-corrected chi connectivity index (χ2v) is 8.46. The van der Waals surface area contributed by atoms with Crippen molar-refractivity contribution in [3.8, 4) is 0 Å². The predicted octanol–water partition coefficient (Wildman–Crippen LogP) is 0.316. The molecule has 0 saturated carbocycles. The Morgan fingerprint density at radius 3 is 2.55 bits per heavy atom. The number of amides is 2. The summed E-state index contributed by atoms with van der Waals surface area (Å²) in [5.41, 5.74) is 5.96. The molecule has 2 amide bonds. The van der Waals surface area contributed by atoms with E-state index in [1.54, 1.807) is 13.8 Å². The first kappa shape index (κ1) is 21.0. The number of sulfonamides is 1. The van der Waals surface area contributed by atoms with Gasteiger partial charge in [0, 0.05) is 24.2 Å². The number of ether oxygens (including phenoxy) is 1. The second-order valence-electron chi connectivity index (χ2n) is 6.53. The molecule has 1 aliphatic heterocycles. The van der Waals surface area contributed by atoms with E-state index in [0.717, 1.165) is 0 Å². The Kier molecular flexibility index (Phi) is 6.30. The van der Waals surface area contributed by atoms with Crippen LogP contribution in [-0.2, 0) is 26.0 Å². The van der Waals surface area contributed by atoms with Gasteiger partial charge in [-0.3, -0.25) is 20.4 Å². The molecule has 0 radical (unpaired) electrons. The van der Waals surface area contributed by atoms with E-state index in [1.165, 1.54) is 28.6 Å². The number of benzene rings is 1. The molecule has 29 heavy (non-hydrogen) atoms. The van der Waals surface area contributed by atoms with Gasteiger partial charge in [-0.2, -0.15) is 4.31 Å². The fourth-order valence-corrected chi connectivity index (χ4v) is 4.35. The summed E-state index contributed by atoms with van der Waals surface area (Å²) in [5, 5.41) is 3.77. The minimum atomic E-state index is -3.72. The number of hydrogen-bond donors (Lipinski definition) is 2. The van der Waals surface area contributed by atoms with Gasteiger partial charge in [0.2, 0.25) is 15.9 Å². The van der Waals surface area contributed by atoms with Crippen LogP contribution >= 0.6 is 0 Å². The third kappa shape index (κ3) is 4.81. The second kappa shape index (κ2) is 8.72. The fraction of sp³-hybridized carbons (Fsp3) is 0.389. The van der Waals surface area contributed by atoms with Crippen molar-refractivity contribution in [2.75, 3.05) is 26.3 Å². The van der Waals surface area contributed by atoms with Gasteiger partial charge in [-0.25, -0.2) is 8.42 Å². The summed E-state index contributed by atoms with van der Waals surface area (Å²) >= 11 is 0. The van der Waals surface area contributed by atoms with E-state index in [4.69, 9.17) is 9.26 Å². The number of aromatic nitrogens is 1. The molecule has 3 rings (SSSR count). The summed E-state index contributed by atoms with van der Waals surface area (Å²) in [6, 6.07) is 5.65. The Morgan fingerprint density at radius 2 is 1.90 bits per heavy atom. The number of rotatable bonds is 5. The van der Waals surface area contributed by atoms with Gasteiger partial charge in [-0.15, -0.1) is 0 Å². The molecule has 2 N–H and O–H groups in total. The average Bonchev–Trinajstić information content (AvgIpc) is 3.04. The van der Waals surface area contributed by atoms with Crippen LogP contribution in [0.5, 0.6) is 0 Å². The standard InChI is InChI=1S/C18H22N4O6S/c1-12-16(13(2)28-21-12)11-17(23)19-20-18(24)14-4-3-5-15(10-14)29(25,26)22-6-8-27-9-7-22/h3-5,10H,6-9,11H2,1-2H3,(H,19,23)(H,20,24). The number of nitrogens with zero attached hydrogens (tertiary/aromatic N) is 2. The lowest BCUT2D eigenvalue weighted by Crippen LogP contribution is -2.42. The zero-order valence-electron chi connectivity index (χ0n) is 16.1. The third-order valence-corrected chi connectivity index (χ3v) is 6.43. The highest BCUT2D eigenvalue weighted by atomic mass is 32.2. The average molecular weight is 422 g/mol. The van der Waals surface area contributed by atoms with Crippen molar-refractivity contribution >= 4 is 21.8 Å². The van der Waals surface area contributed by atoms with Gasteiger partial charge in [0.15, 0.2) is 0 Å². The molecule has 11 heteroatoms. The molecule has 10 nitrogen and oxygen atoms in total. The summed E-state index contributed by atoms with van der Waals surface area (Å²) in [7, 11) is -3.72. The fourth-order valence-electron chi connectivity index (χ4n) is 2.89. The molecule has 0 aliphatic carbocycles. The highest BCUT2D eigenvalue weighted by molar-refractivity contribution is 7.89. The number of hydrazine groups is 1. The Balaban J connectivity index is 1.64. The molecular formula is C18H22N4O6S. The zero-order chi connectivity index (χ0) is 21.0. The molecule has 156 valence electrons. The maximum atomic E-state index is 12.7. The minimum absolute atomic E-state index is 0.00705. The molecule has 1 aromatic carbocycles. The Bertz CT molecular complexity index is 992. The van der Waals surface area contributed by atoms with Crippen molar-refractivity contribution < 1.29 is 27.3 Å². The van der Waals surface area contributed by atoms with E-state index in [9.17, 15) is 18.0 Å². The molecule has 2 heterocycles. The van der Waals surface area contributed by atoms with Crippen LogP contribution in [0.4, 0.5) is 0 Å². The molecule has 0 unspecified atom stereocenters. The Hall–Kier alpha value is -2.76. The van der Waals surface area contributed by atoms with Gasteiger partial charge in [0.05, 0.1) is 30.2 Å². The highest BCUT2D eigenvalue weighted by Gasteiger charge is 2.27. The third-order valence-electron chi connectivity index (χ3n) is 4.54. The Morgan fingerprint density at radius 1 is 1.17 bits per heavy atom. The lowest BCUT2D eigenvalue weighted by atomic mass is 10.1. The minimum Gasteiger partial charge on any atom is -0.379 e. The first-order valence-electron chi connectivity index (χ1n) is 8.98. The van der Waals surface area contributed by atoms with Gasteiger partial charge in [0.1, 0.15) is 5.76 Å². The number of hydrogen-bond acceptors (Lipinski definition) is 7. The van der Waals surface area contributed by atoms with E-state index in [0.29, 0.717) is 30.2 Å². The molecule has 2 aromatic rings. The number of aryl methyl sites for hydroxylation is 2. The van der Waals surface area contributed by atoms with Gasteiger partial charge in [0.25, 0.3) is 5.91 Å². The topological polar surface area (TPSA) is 131 Å². The van der Waals surface area contributed by atoms with E-state index >= 15 is 0 Å². The van der Waals surface area contributed by atoms with Crippen molar-refractivity contribution in [2.45, 2.75) is 25.2 Å². The van der Waals surface area contributed by atoms with E-state index < -0.39 is 21.8 Å². The first-order chi connectivity index (χ1) is 13.8. The normalized spacial score (nSPS) is 15.1. The van der Waals surface area contributed by atoms with Gasteiger partial charge in [-0.05, 0) is 32.0 Å². The van der Waals surface area contributed by atoms with E-state index in [2.05, 4.69) is 16.0 Å². The highest BCUT2D eigenvalue weighted by Crippen LogP contribution is 2.18. The number of carbonyl (C=O) groups is 2. The van der Waals surface area contributed by atoms with Crippen LogP contribution < -0.4 is 10.9 Å². The maximum Gasteiger partial charge on any atom is 0.269 e. The zero-order valence-corrected chi connectivity index (χ0v) is 16.9. The molecule has 0 spiro atoms. The van der Waals surface area contributed by atoms with Crippen LogP contribution in [0.1, 0.15) is 27.4 Å². The summed E-state index contributed by atoms with van der Waals surface area (Å²) in [6.07, 6.45) is -0.00705. The number of nitrogens with one attached hydrogen (secondary N) is 2. The molecule has 1 aliphatic rings. The predicted molar refractivity (Wildman–Crippen MR) is 101 cm³/mol. The van der Waals surface area contributed by atoms with E-state index in [-0.39, 0.29) is 30.0 Å². The van der Waals surface area contributed by atoms with Crippen molar-refractivity contribution in [3.05, 3.63) is 46.8 Å². The molecular weight excluding hydrogens is 400 g/mol. The number of carbonyl (C=O) groups excluding carboxylic acids is 2. The Labute approximate surface area is 168 Å². The summed E-state index contributed by atoms with van der Waals surface area (Å²) in [5.74, 6) is -0.550. The largest absolute Gasteiger partial charge is 0.379 e. The number of morpholine rings is 1. The van der Waals surface area contributed by atoms with Gasteiger partial charge < -0.3 is 9.26 Å². The lowest BCUT2D eigenvalue weighted by Gasteiger charge is -2.26. The van der Waals surface area contributed by atoms with Gasteiger partial charge >= 0.3 is 0 Å². The van der Waals surface area contributed by atoms with Crippen molar-refractivity contribution in [3.63, 3.8) is 0 Å². The van der Waals surface area contributed by atoms with Crippen LogP contribution in [-0.4, -0.2) is 56.0 Å². The molecule has 1 saturated heterocycles. The van der Waals surface area contributed by atoms with Crippen LogP contribution in [0.2, 0.25) is 0 Å². The van der Waals surface area contributed by atoms with Gasteiger partial charge in [-0.1, -0.05) is 11.2 Å². The van der Waals surface area contributed by atoms with Crippen molar-refractivity contribution in [1.82, 2.24) is 20.3 Å². The molecule has 0 atom stereocenters. The van der Waals surface area contributed by atoms with Crippen molar-refractivity contribution in [1.29, 1.82) is 0 Å². The molecule has 1 fully saturated rings. The maximum absolute atomic E-state index is 12.7. The lowest BCUT2D eigenvalue weighted by molar-refractivity contribution is -0.121.